The fraction of sp³-hybridized carbons (Fsp3) is 0.448. The van der Waals surface area contributed by atoms with E-state index in [2.05, 4.69) is 49.5 Å². The maximum absolute atomic E-state index is 13.4. The van der Waals surface area contributed by atoms with E-state index in [0.717, 1.165) is 35.1 Å². The number of carbonyl (C=O) groups is 2. The first kappa shape index (κ1) is 27.2. The monoisotopic (exact) mass is 524 g/mol. The SMILES string of the molecule is CN(C)CC(C)(C)CNCc1ccc2c(c1)cc(-c1ccc(Cl)c3c1C(=O)NC3)n2C(=O)OC(C)(C)C. The number of nitrogens with one attached hydrogen (secondary N) is 2. The molecule has 4 rings (SSSR count). The van der Waals surface area contributed by atoms with E-state index < -0.39 is 11.7 Å². The lowest BCUT2D eigenvalue weighted by molar-refractivity contribution is 0.0547. The van der Waals surface area contributed by atoms with E-state index in [1.807, 2.05) is 39.0 Å². The van der Waals surface area contributed by atoms with Gasteiger partial charge in [-0.2, -0.15) is 0 Å². The molecule has 2 heterocycles. The number of hydrogen-bond donors (Lipinski definition) is 2. The van der Waals surface area contributed by atoms with Crippen molar-refractivity contribution in [1.29, 1.82) is 0 Å². The van der Waals surface area contributed by atoms with Crippen LogP contribution in [0.2, 0.25) is 5.02 Å². The standard InChI is InChI=1S/C29H37ClN4O3/c1-28(2,3)37-27(36)34-23-11-8-18(14-31-16-29(4,5)17-33(6)7)12-19(23)13-24(34)20-9-10-22(30)21-15-32-26(35)25(20)21/h8-13,31H,14-17H2,1-7H3,(H,32,35). The first-order chi connectivity index (χ1) is 17.3. The molecule has 0 unspecified atom stereocenters. The Morgan fingerprint density at radius 2 is 1.86 bits per heavy atom. The molecular weight excluding hydrogens is 488 g/mol. The van der Waals surface area contributed by atoms with Crippen molar-refractivity contribution >= 4 is 34.5 Å². The Bertz CT molecular complexity index is 1350. The lowest BCUT2D eigenvalue weighted by Gasteiger charge is -2.28. The number of halogens is 1. The molecule has 0 fully saturated rings. The van der Waals surface area contributed by atoms with Crippen molar-refractivity contribution in [2.24, 2.45) is 5.41 Å². The van der Waals surface area contributed by atoms with Crippen LogP contribution in [0.5, 0.6) is 0 Å². The summed E-state index contributed by atoms with van der Waals surface area (Å²) in [5.41, 5.74) is 3.81. The molecule has 8 heteroatoms. The van der Waals surface area contributed by atoms with E-state index in [4.69, 9.17) is 16.3 Å². The Morgan fingerprint density at radius 1 is 1.14 bits per heavy atom. The number of ether oxygens (including phenoxy) is 1. The first-order valence-electron chi connectivity index (χ1n) is 12.6. The summed E-state index contributed by atoms with van der Waals surface area (Å²) >= 11 is 6.39. The summed E-state index contributed by atoms with van der Waals surface area (Å²) in [5.74, 6) is -0.196. The van der Waals surface area contributed by atoms with Crippen LogP contribution in [0, 0.1) is 5.41 Å². The van der Waals surface area contributed by atoms with Gasteiger partial charge in [0.15, 0.2) is 0 Å². The van der Waals surface area contributed by atoms with E-state index in [0.29, 0.717) is 34.9 Å². The molecule has 198 valence electrons. The molecule has 1 aliphatic rings. The molecule has 0 saturated carbocycles. The number of rotatable bonds is 7. The second-order valence-corrected chi connectivity index (χ2v) is 12.3. The number of hydrogen-bond acceptors (Lipinski definition) is 5. The summed E-state index contributed by atoms with van der Waals surface area (Å²) in [6, 6.07) is 11.6. The zero-order valence-electron chi connectivity index (χ0n) is 22.8. The molecule has 2 aromatic carbocycles. The van der Waals surface area contributed by atoms with Gasteiger partial charge in [-0.25, -0.2) is 9.36 Å². The quantitative estimate of drug-likeness (QED) is 0.417. The normalized spacial score (nSPS) is 13.8. The van der Waals surface area contributed by atoms with Crippen LogP contribution in [0.1, 0.15) is 56.1 Å². The highest BCUT2D eigenvalue weighted by molar-refractivity contribution is 6.32. The second-order valence-electron chi connectivity index (χ2n) is 11.9. The van der Waals surface area contributed by atoms with Crippen molar-refractivity contribution in [3.63, 3.8) is 0 Å². The summed E-state index contributed by atoms with van der Waals surface area (Å²) in [5, 5.41) is 7.85. The Hall–Kier alpha value is -2.87. The largest absolute Gasteiger partial charge is 0.443 e. The van der Waals surface area contributed by atoms with Gasteiger partial charge in [-0.1, -0.05) is 37.6 Å². The molecule has 3 aromatic rings. The van der Waals surface area contributed by atoms with Gasteiger partial charge in [0.05, 0.1) is 16.8 Å². The maximum Gasteiger partial charge on any atom is 0.419 e. The molecule has 1 aliphatic heterocycles. The molecule has 0 radical (unpaired) electrons. The number of benzene rings is 2. The van der Waals surface area contributed by atoms with Crippen molar-refractivity contribution in [3.8, 4) is 11.3 Å². The minimum atomic E-state index is -0.673. The molecule has 7 nitrogen and oxygen atoms in total. The zero-order chi connectivity index (χ0) is 27.1. The Labute approximate surface area is 224 Å². The van der Waals surface area contributed by atoms with Crippen LogP contribution in [-0.4, -0.2) is 54.3 Å². The highest BCUT2D eigenvalue weighted by atomic mass is 35.5. The topological polar surface area (TPSA) is 75.6 Å². The molecule has 1 amide bonds. The van der Waals surface area contributed by atoms with Gasteiger partial charge in [-0.05, 0) is 70.1 Å². The summed E-state index contributed by atoms with van der Waals surface area (Å²) in [6.45, 7) is 12.9. The van der Waals surface area contributed by atoms with Crippen LogP contribution < -0.4 is 10.6 Å². The minimum absolute atomic E-state index is 0.135. The van der Waals surface area contributed by atoms with Crippen LogP contribution in [0.15, 0.2) is 36.4 Å². The molecular formula is C29H37ClN4O3. The third kappa shape index (κ3) is 6.00. The maximum atomic E-state index is 13.4. The molecule has 0 bridgehead atoms. The van der Waals surface area contributed by atoms with Crippen LogP contribution in [0.4, 0.5) is 4.79 Å². The van der Waals surface area contributed by atoms with E-state index in [9.17, 15) is 9.59 Å². The fourth-order valence-corrected chi connectivity index (χ4v) is 5.28. The van der Waals surface area contributed by atoms with Gasteiger partial charge in [0.1, 0.15) is 5.60 Å². The number of aromatic nitrogens is 1. The Morgan fingerprint density at radius 3 is 2.54 bits per heavy atom. The van der Waals surface area contributed by atoms with E-state index in [1.165, 1.54) is 0 Å². The molecule has 2 N–H and O–H groups in total. The van der Waals surface area contributed by atoms with Crippen molar-refractivity contribution in [1.82, 2.24) is 20.1 Å². The molecule has 0 saturated heterocycles. The number of nitrogens with zero attached hydrogens (tertiary/aromatic N) is 2. The van der Waals surface area contributed by atoms with Crippen LogP contribution in [0.25, 0.3) is 22.2 Å². The first-order valence-corrected chi connectivity index (χ1v) is 13.0. The average molecular weight is 525 g/mol. The van der Waals surface area contributed by atoms with Crippen molar-refractivity contribution in [2.75, 3.05) is 27.2 Å². The second kappa shape index (κ2) is 10.1. The van der Waals surface area contributed by atoms with Crippen molar-refractivity contribution < 1.29 is 14.3 Å². The third-order valence-electron chi connectivity index (χ3n) is 6.30. The van der Waals surface area contributed by atoms with Crippen molar-refractivity contribution in [2.45, 2.75) is 53.3 Å². The summed E-state index contributed by atoms with van der Waals surface area (Å²) in [4.78, 5) is 28.4. The molecule has 0 spiro atoms. The average Bonchev–Trinajstić information content (AvgIpc) is 3.33. The molecule has 0 aliphatic carbocycles. The lowest BCUT2D eigenvalue weighted by Crippen LogP contribution is -2.37. The van der Waals surface area contributed by atoms with E-state index >= 15 is 0 Å². The third-order valence-corrected chi connectivity index (χ3v) is 6.66. The number of fused-ring (bicyclic) bond motifs is 2. The van der Waals surface area contributed by atoms with E-state index in [1.54, 1.807) is 16.7 Å². The molecule has 0 atom stereocenters. The van der Waals surface area contributed by atoms with Crippen LogP contribution >= 0.6 is 11.6 Å². The fourth-order valence-electron chi connectivity index (χ4n) is 5.06. The van der Waals surface area contributed by atoms with Gasteiger partial charge < -0.3 is 20.3 Å². The van der Waals surface area contributed by atoms with Gasteiger partial charge in [-0.15, -0.1) is 0 Å². The highest BCUT2D eigenvalue weighted by Crippen LogP contribution is 2.37. The lowest BCUT2D eigenvalue weighted by atomic mass is 9.93. The minimum Gasteiger partial charge on any atom is -0.443 e. The molecule has 37 heavy (non-hydrogen) atoms. The number of carbonyl (C=O) groups excluding carboxylic acids is 2. The summed E-state index contributed by atoms with van der Waals surface area (Å²) in [6.07, 6.45) is -0.490. The van der Waals surface area contributed by atoms with Gasteiger partial charge in [0, 0.05) is 47.7 Å². The highest BCUT2D eigenvalue weighted by Gasteiger charge is 2.30. The summed E-state index contributed by atoms with van der Waals surface area (Å²) < 4.78 is 7.33. The van der Waals surface area contributed by atoms with Crippen LogP contribution in [0.3, 0.4) is 0 Å². The zero-order valence-corrected chi connectivity index (χ0v) is 23.5. The van der Waals surface area contributed by atoms with Gasteiger partial charge >= 0.3 is 6.09 Å². The number of amides is 1. The van der Waals surface area contributed by atoms with Gasteiger partial charge in [0.2, 0.25) is 0 Å². The van der Waals surface area contributed by atoms with Crippen LogP contribution in [-0.2, 0) is 17.8 Å². The van der Waals surface area contributed by atoms with Gasteiger partial charge in [0.25, 0.3) is 5.91 Å². The van der Waals surface area contributed by atoms with Gasteiger partial charge in [-0.3, -0.25) is 4.79 Å². The summed E-state index contributed by atoms with van der Waals surface area (Å²) in [7, 11) is 4.17. The molecule has 1 aromatic heterocycles. The Balaban J connectivity index is 1.74. The Kier molecular flexibility index (Phi) is 7.43. The van der Waals surface area contributed by atoms with Crippen molar-refractivity contribution in [3.05, 3.63) is 58.1 Å². The van der Waals surface area contributed by atoms with E-state index in [-0.39, 0.29) is 11.3 Å². The smallest absolute Gasteiger partial charge is 0.419 e. The predicted octanol–water partition coefficient (Wildman–Crippen LogP) is 5.67. The predicted molar refractivity (Wildman–Crippen MR) is 149 cm³/mol.